The summed E-state index contributed by atoms with van der Waals surface area (Å²) in [7, 11) is 1.67. The van der Waals surface area contributed by atoms with Gasteiger partial charge in [-0.3, -0.25) is 4.79 Å². The number of hydrogen-bond donors (Lipinski definition) is 0. The first-order valence-electron chi connectivity index (χ1n) is 6.97. The lowest BCUT2D eigenvalue weighted by Crippen LogP contribution is -2.27. The summed E-state index contributed by atoms with van der Waals surface area (Å²) in [6.07, 6.45) is 4.10. The van der Waals surface area contributed by atoms with Gasteiger partial charge >= 0.3 is 0 Å². The van der Waals surface area contributed by atoms with E-state index in [0.717, 1.165) is 23.5 Å². The fourth-order valence-electron chi connectivity index (χ4n) is 2.62. The van der Waals surface area contributed by atoms with E-state index < -0.39 is 0 Å². The van der Waals surface area contributed by atoms with Crippen molar-refractivity contribution in [1.82, 2.24) is 9.47 Å². The van der Waals surface area contributed by atoms with E-state index in [1.165, 1.54) is 0 Å². The van der Waals surface area contributed by atoms with E-state index in [1.807, 2.05) is 46.9 Å². The summed E-state index contributed by atoms with van der Waals surface area (Å²) in [5.74, 6) is 1.62. The number of amides is 1. The normalized spacial score (nSPS) is 18.3. The van der Waals surface area contributed by atoms with E-state index in [1.54, 1.807) is 18.9 Å². The van der Waals surface area contributed by atoms with E-state index in [9.17, 15) is 4.79 Å². The van der Waals surface area contributed by atoms with Crippen LogP contribution in [0.1, 0.15) is 17.9 Å². The standard InChI is InChI=1S/C16H18N2O2S/c1-3-18-15(19)11-21-16(18)12-8-9-17(10-12)13-6-4-5-7-14(13)20-2/h4-10,16H,3,11H2,1-2H3/t16-/m0/s1. The van der Waals surface area contributed by atoms with Gasteiger partial charge in [-0.25, -0.2) is 0 Å². The summed E-state index contributed by atoms with van der Waals surface area (Å²) in [6, 6.07) is 9.99. The van der Waals surface area contributed by atoms with Gasteiger partial charge in [-0.1, -0.05) is 12.1 Å². The highest BCUT2D eigenvalue weighted by Gasteiger charge is 2.32. The van der Waals surface area contributed by atoms with Crippen molar-refractivity contribution in [2.45, 2.75) is 12.3 Å². The van der Waals surface area contributed by atoms with Gasteiger partial charge in [0.25, 0.3) is 0 Å². The van der Waals surface area contributed by atoms with Crippen LogP contribution in [0, 0.1) is 0 Å². The SMILES string of the molecule is CCN1C(=O)CS[C@H]1c1ccn(-c2ccccc2OC)c1. The molecule has 2 aromatic rings. The molecule has 5 heteroatoms. The predicted molar refractivity (Wildman–Crippen MR) is 84.9 cm³/mol. The van der Waals surface area contributed by atoms with E-state index in [-0.39, 0.29) is 11.3 Å². The van der Waals surface area contributed by atoms with Crippen LogP contribution in [-0.4, -0.2) is 34.8 Å². The molecule has 21 heavy (non-hydrogen) atoms. The smallest absolute Gasteiger partial charge is 0.233 e. The quantitative estimate of drug-likeness (QED) is 0.870. The number of para-hydroxylation sites is 2. The lowest BCUT2D eigenvalue weighted by atomic mass is 10.3. The van der Waals surface area contributed by atoms with Crippen LogP contribution in [0.2, 0.25) is 0 Å². The van der Waals surface area contributed by atoms with Crippen LogP contribution in [0.4, 0.5) is 0 Å². The summed E-state index contributed by atoms with van der Waals surface area (Å²) in [6.45, 7) is 2.77. The fraction of sp³-hybridized carbons (Fsp3) is 0.312. The molecule has 1 saturated heterocycles. The number of benzene rings is 1. The number of methoxy groups -OCH3 is 1. The average molecular weight is 302 g/mol. The molecule has 1 aliphatic heterocycles. The molecule has 0 unspecified atom stereocenters. The minimum atomic E-state index is 0.124. The number of carbonyl (C=O) groups is 1. The maximum absolute atomic E-state index is 11.8. The molecule has 1 aromatic heterocycles. The number of aromatic nitrogens is 1. The van der Waals surface area contributed by atoms with E-state index >= 15 is 0 Å². The number of nitrogens with zero attached hydrogens (tertiary/aromatic N) is 2. The van der Waals surface area contributed by atoms with Crippen molar-refractivity contribution >= 4 is 17.7 Å². The zero-order chi connectivity index (χ0) is 14.8. The molecular weight excluding hydrogens is 284 g/mol. The molecule has 2 heterocycles. The molecule has 0 aliphatic carbocycles. The molecule has 110 valence electrons. The lowest BCUT2D eigenvalue weighted by molar-refractivity contribution is -0.127. The van der Waals surface area contributed by atoms with Crippen molar-refractivity contribution in [3.63, 3.8) is 0 Å². The van der Waals surface area contributed by atoms with Gasteiger partial charge in [0.2, 0.25) is 5.91 Å². The van der Waals surface area contributed by atoms with Gasteiger partial charge in [0, 0.05) is 24.5 Å². The van der Waals surface area contributed by atoms with E-state index in [4.69, 9.17) is 4.74 Å². The van der Waals surface area contributed by atoms with Crippen LogP contribution >= 0.6 is 11.8 Å². The third-order valence-electron chi connectivity index (χ3n) is 3.67. The number of hydrogen-bond acceptors (Lipinski definition) is 3. The van der Waals surface area contributed by atoms with E-state index in [2.05, 4.69) is 12.3 Å². The largest absolute Gasteiger partial charge is 0.495 e. The zero-order valence-electron chi connectivity index (χ0n) is 12.2. The molecular formula is C16H18N2O2S. The average Bonchev–Trinajstić information content (AvgIpc) is 3.13. The summed E-state index contributed by atoms with van der Waals surface area (Å²) in [5, 5.41) is 0.124. The highest BCUT2D eigenvalue weighted by Crippen LogP contribution is 2.39. The van der Waals surface area contributed by atoms with Crippen molar-refractivity contribution in [3.05, 3.63) is 48.3 Å². The Balaban J connectivity index is 1.92. The van der Waals surface area contributed by atoms with Gasteiger partial charge in [0.05, 0.1) is 18.6 Å². The summed E-state index contributed by atoms with van der Waals surface area (Å²) in [5.41, 5.74) is 2.15. The van der Waals surface area contributed by atoms with Crippen LogP contribution in [0.15, 0.2) is 42.7 Å². The number of carbonyl (C=O) groups excluding carboxylic acids is 1. The summed E-state index contributed by atoms with van der Waals surface area (Å²) < 4.78 is 7.45. The number of thioether (sulfide) groups is 1. The van der Waals surface area contributed by atoms with Crippen LogP contribution in [0.3, 0.4) is 0 Å². The first-order valence-corrected chi connectivity index (χ1v) is 8.02. The molecule has 1 aromatic carbocycles. The molecule has 3 rings (SSSR count). The molecule has 0 N–H and O–H groups in total. The molecule has 4 nitrogen and oxygen atoms in total. The maximum Gasteiger partial charge on any atom is 0.233 e. The lowest BCUT2D eigenvalue weighted by Gasteiger charge is -2.21. The molecule has 0 bridgehead atoms. The van der Waals surface area contributed by atoms with Gasteiger partial charge in [-0.15, -0.1) is 11.8 Å². The summed E-state index contributed by atoms with van der Waals surface area (Å²) >= 11 is 1.69. The highest BCUT2D eigenvalue weighted by molar-refractivity contribution is 8.00. The zero-order valence-corrected chi connectivity index (χ0v) is 13.0. The van der Waals surface area contributed by atoms with Crippen molar-refractivity contribution < 1.29 is 9.53 Å². The predicted octanol–water partition coefficient (Wildman–Crippen LogP) is 3.08. The topological polar surface area (TPSA) is 34.5 Å². The minimum absolute atomic E-state index is 0.124. The van der Waals surface area contributed by atoms with Crippen LogP contribution in [0.25, 0.3) is 5.69 Å². The molecule has 1 aliphatic rings. The van der Waals surface area contributed by atoms with Crippen molar-refractivity contribution in [3.8, 4) is 11.4 Å². The second-order valence-corrected chi connectivity index (χ2v) is 5.94. The third kappa shape index (κ3) is 2.53. The third-order valence-corrected chi connectivity index (χ3v) is 4.93. The van der Waals surface area contributed by atoms with Crippen molar-refractivity contribution in [1.29, 1.82) is 0 Å². The Labute approximate surface area is 128 Å². The Morgan fingerprint density at radius 1 is 1.33 bits per heavy atom. The van der Waals surface area contributed by atoms with Crippen molar-refractivity contribution in [2.24, 2.45) is 0 Å². The van der Waals surface area contributed by atoms with Crippen LogP contribution in [0.5, 0.6) is 5.75 Å². The first-order chi connectivity index (χ1) is 10.2. The van der Waals surface area contributed by atoms with Gasteiger partial charge < -0.3 is 14.2 Å². The Hall–Kier alpha value is -1.88. The summed E-state index contributed by atoms with van der Waals surface area (Å²) in [4.78, 5) is 13.8. The van der Waals surface area contributed by atoms with Crippen molar-refractivity contribution in [2.75, 3.05) is 19.4 Å². The van der Waals surface area contributed by atoms with E-state index in [0.29, 0.717) is 5.75 Å². The molecule has 0 spiro atoms. The van der Waals surface area contributed by atoms with Gasteiger partial charge in [0.1, 0.15) is 11.1 Å². The van der Waals surface area contributed by atoms with Gasteiger partial charge in [0.15, 0.2) is 0 Å². The number of ether oxygens (including phenoxy) is 1. The Bertz CT molecular complexity index is 653. The molecule has 0 radical (unpaired) electrons. The molecule has 1 amide bonds. The Kier molecular flexibility index (Phi) is 3.92. The number of rotatable bonds is 4. The minimum Gasteiger partial charge on any atom is -0.495 e. The first kappa shape index (κ1) is 14.1. The van der Waals surface area contributed by atoms with Crippen LogP contribution < -0.4 is 4.74 Å². The second kappa shape index (κ2) is 5.85. The maximum atomic E-state index is 11.8. The van der Waals surface area contributed by atoms with Gasteiger partial charge in [-0.2, -0.15) is 0 Å². The molecule has 0 saturated carbocycles. The monoisotopic (exact) mass is 302 g/mol. The van der Waals surface area contributed by atoms with Gasteiger partial charge in [-0.05, 0) is 25.1 Å². The molecule has 1 atom stereocenters. The Morgan fingerprint density at radius 2 is 2.14 bits per heavy atom. The highest BCUT2D eigenvalue weighted by atomic mass is 32.2. The fourth-order valence-corrected chi connectivity index (χ4v) is 3.87. The Morgan fingerprint density at radius 3 is 2.90 bits per heavy atom. The molecule has 1 fully saturated rings. The second-order valence-electron chi connectivity index (χ2n) is 4.87. The van der Waals surface area contributed by atoms with Crippen LogP contribution in [-0.2, 0) is 4.79 Å².